The van der Waals surface area contributed by atoms with Crippen LogP contribution in [0.15, 0.2) is 35.5 Å². The van der Waals surface area contributed by atoms with Crippen molar-refractivity contribution in [1.82, 2.24) is 0 Å². The minimum Gasteiger partial charge on any atom is -0.396 e. The van der Waals surface area contributed by atoms with Gasteiger partial charge in [0, 0.05) is 12.5 Å². The molecular weight excluding hydrogens is 440 g/mol. The summed E-state index contributed by atoms with van der Waals surface area (Å²) in [5, 5.41) is 40.9. The van der Waals surface area contributed by atoms with Crippen LogP contribution in [0.5, 0.6) is 0 Å². The summed E-state index contributed by atoms with van der Waals surface area (Å²) >= 11 is 0. The van der Waals surface area contributed by atoms with Crippen LogP contribution in [0, 0.1) is 23.2 Å². The van der Waals surface area contributed by atoms with E-state index in [2.05, 4.69) is 32.6 Å². The number of ether oxygens (including phenoxy) is 1. The Morgan fingerprint density at radius 2 is 1.94 bits per heavy atom. The van der Waals surface area contributed by atoms with Crippen LogP contribution in [-0.4, -0.2) is 57.6 Å². The van der Waals surface area contributed by atoms with Gasteiger partial charge in [0.25, 0.3) is 0 Å². The summed E-state index contributed by atoms with van der Waals surface area (Å²) < 4.78 is 6.27. The standard InChI is InChI=1S/C30H50O5/c1-6-30(34,7-2)28(33)14-16-35-21(4)26-12-13-27-22(9-8-15-29(26,27)5)10-11-23-17-25(32)18-24(19-31)20(23)3/h10-11,21,24-28,31-34H,3,6-9,12-19H2,1-2,4-5H3/b22-10+,23-11-/t21-,24+,25+,26+,27-,28-,29+/m0/s1. The van der Waals surface area contributed by atoms with E-state index in [0.717, 1.165) is 24.0 Å². The van der Waals surface area contributed by atoms with Gasteiger partial charge in [-0.15, -0.1) is 0 Å². The van der Waals surface area contributed by atoms with Gasteiger partial charge in [0.2, 0.25) is 0 Å². The van der Waals surface area contributed by atoms with Crippen LogP contribution in [0.2, 0.25) is 0 Å². The van der Waals surface area contributed by atoms with Gasteiger partial charge >= 0.3 is 0 Å². The van der Waals surface area contributed by atoms with Gasteiger partial charge in [-0.05, 0) is 99.5 Å². The van der Waals surface area contributed by atoms with Crippen molar-refractivity contribution in [3.8, 4) is 0 Å². The highest BCUT2D eigenvalue weighted by Gasteiger charge is 2.51. The second-order valence-corrected chi connectivity index (χ2v) is 11.7. The van der Waals surface area contributed by atoms with Gasteiger partial charge in [-0.2, -0.15) is 0 Å². The highest BCUT2D eigenvalue weighted by molar-refractivity contribution is 5.38. The Hall–Kier alpha value is -0.980. The minimum absolute atomic E-state index is 0.0390. The first-order valence-corrected chi connectivity index (χ1v) is 14.0. The number of rotatable bonds is 10. The molecule has 0 bridgehead atoms. The third-order valence-electron chi connectivity index (χ3n) is 9.86. The normalized spacial score (nSPS) is 35.9. The molecule has 200 valence electrons. The van der Waals surface area contributed by atoms with Crippen molar-refractivity contribution in [2.75, 3.05) is 13.2 Å². The summed E-state index contributed by atoms with van der Waals surface area (Å²) in [6.45, 7) is 13.2. The molecule has 5 heteroatoms. The summed E-state index contributed by atoms with van der Waals surface area (Å²) in [7, 11) is 0. The predicted molar refractivity (Wildman–Crippen MR) is 141 cm³/mol. The van der Waals surface area contributed by atoms with Gasteiger partial charge in [-0.25, -0.2) is 0 Å². The molecule has 5 nitrogen and oxygen atoms in total. The van der Waals surface area contributed by atoms with Crippen LogP contribution in [0.3, 0.4) is 0 Å². The first kappa shape index (κ1) is 28.6. The Kier molecular flexibility index (Phi) is 9.84. The summed E-state index contributed by atoms with van der Waals surface area (Å²) in [5.74, 6) is 0.968. The van der Waals surface area contributed by atoms with Crippen LogP contribution in [0.4, 0.5) is 0 Å². The first-order chi connectivity index (χ1) is 16.6. The number of aliphatic hydroxyl groups excluding tert-OH is 3. The van der Waals surface area contributed by atoms with Gasteiger partial charge in [0.05, 0.1) is 30.5 Å². The van der Waals surface area contributed by atoms with Crippen LogP contribution < -0.4 is 0 Å². The maximum Gasteiger partial charge on any atom is 0.0901 e. The molecule has 3 fully saturated rings. The van der Waals surface area contributed by atoms with Crippen LogP contribution >= 0.6 is 0 Å². The molecule has 0 spiro atoms. The fourth-order valence-corrected chi connectivity index (χ4v) is 7.29. The van der Waals surface area contributed by atoms with Gasteiger partial charge < -0.3 is 25.2 Å². The average Bonchev–Trinajstić information content (AvgIpc) is 3.21. The quantitative estimate of drug-likeness (QED) is 0.343. The van der Waals surface area contributed by atoms with Crippen LogP contribution in [-0.2, 0) is 4.74 Å². The molecule has 0 amide bonds. The molecule has 3 rings (SSSR count). The Balaban J connectivity index is 1.65. The topological polar surface area (TPSA) is 90.2 Å². The number of fused-ring (bicyclic) bond motifs is 1. The third kappa shape index (κ3) is 6.13. The molecule has 0 saturated heterocycles. The molecule has 7 atom stereocenters. The van der Waals surface area contributed by atoms with Crippen molar-refractivity contribution in [2.45, 2.75) is 116 Å². The van der Waals surface area contributed by atoms with Gasteiger partial charge in [-0.3, -0.25) is 0 Å². The molecule has 0 aromatic rings. The fraction of sp³-hybridized carbons (Fsp3) is 0.800. The number of allylic oxidation sites excluding steroid dienone is 3. The molecule has 3 aliphatic rings. The lowest BCUT2D eigenvalue weighted by Gasteiger charge is -2.44. The number of hydrogen-bond donors (Lipinski definition) is 4. The van der Waals surface area contributed by atoms with E-state index in [1.807, 2.05) is 13.8 Å². The highest BCUT2D eigenvalue weighted by atomic mass is 16.5. The number of aliphatic hydroxyl groups is 4. The zero-order valence-electron chi connectivity index (χ0n) is 22.5. The summed E-state index contributed by atoms with van der Waals surface area (Å²) in [6.07, 6.45) is 12.0. The molecule has 3 saturated carbocycles. The van der Waals surface area contributed by atoms with Crippen LogP contribution in [0.25, 0.3) is 0 Å². The Labute approximate surface area is 213 Å². The van der Waals surface area contributed by atoms with E-state index in [1.54, 1.807) is 0 Å². The highest BCUT2D eigenvalue weighted by Crippen LogP contribution is 2.58. The Morgan fingerprint density at radius 3 is 2.60 bits per heavy atom. The molecule has 35 heavy (non-hydrogen) atoms. The molecule has 0 radical (unpaired) electrons. The van der Waals surface area contributed by atoms with E-state index >= 15 is 0 Å². The van der Waals surface area contributed by atoms with E-state index < -0.39 is 17.8 Å². The Morgan fingerprint density at radius 1 is 1.23 bits per heavy atom. The van der Waals surface area contributed by atoms with Gasteiger partial charge in [-0.1, -0.05) is 45.1 Å². The molecule has 0 unspecified atom stereocenters. The van der Waals surface area contributed by atoms with Crippen molar-refractivity contribution < 1.29 is 25.2 Å². The van der Waals surface area contributed by atoms with E-state index in [0.29, 0.717) is 50.5 Å². The van der Waals surface area contributed by atoms with Crippen molar-refractivity contribution in [1.29, 1.82) is 0 Å². The number of hydrogen-bond acceptors (Lipinski definition) is 5. The molecule has 0 aromatic carbocycles. The summed E-state index contributed by atoms with van der Waals surface area (Å²) in [6, 6.07) is 0. The monoisotopic (exact) mass is 490 g/mol. The maximum absolute atomic E-state index is 10.6. The minimum atomic E-state index is -1.02. The zero-order valence-corrected chi connectivity index (χ0v) is 22.5. The van der Waals surface area contributed by atoms with Crippen molar-refractivity contribution >= 4 is 0 Å². The third-order valence-corrected chi connectivity index (χ3v) is 9.86. The van der Waals surface area contributed by atoms with Crippen molar-refractivity contribution in [2.24, 2.45) is 23.2 Å². The SMILES string of the molecule is C=C1/C(=C\C=C2/CCC[C@]3(C)[C@@H]([C@H](C)OCC[C@H](O)C(O)(CC)CC)CC[C@@H]23)C[C@@H](O)C[C@@H]1CO. The maximum atomic E-state index is 10.6. The van der Waals surface area contributed by atoms with E-state index in [-0.39, 0.29) is 24.0 Å². The average molecular weight is 491 g/mol. The van der Waals surface area contributed by atoms with Crippen molar-refractivity contribution in [3.05, 3.63) is 35.5 Å². The van der Waals surface area contributed by atoms with E-state index in [4.69, 9.17) is 4.74 Å². The second-order valence-electron chi connectivity index (χ2n) is 11.7. The van der Waals surface area contributed by atoms with Crippen molar-refractivity contribution in [3.63, 3.8) is 0 Å². The van der Waals surface area contributed by atoms with E-state index in [9.17, 15) is 20.4 Å². The van der Waals surface area contributed by atoms with Crippen LogP contribution in [0.1, 0.15) is 91.9 Å². The van der Waals surface area contributed by atoms with Gasteiger partial charge in [0.15, 0.2) is 0 Å². The fourth-order valence-electron chi connectivity index (χ4n) is 7.29. The zero-order chi connectivity index (χ0) is 25.8. The lowest BCUT2D eigenvalue weighted by atomic mass is 9.62. The van der Waals surface area contributed by atoms with Gasteiger partial charge in [0.1, 0.15) is 0 Å². The molecule has 4 N–H and O–H groups in total. The molecule has 0 heterocycles. The first-order valence-electron chi connectivity index (χ1n) is 14.0. The second kappa shape index (κ2) is 12.0. The largest absolute Gasteiger partial charge is 0.396 e. The van der Waals surface area contributed by atoms with E-state index in [1.165, 1.54) is 24.8 Å². The lowest BCUT2D eigenvalue weighted by molar-refractivity contribution is -0.0997. The molecule has 0 aliphatic heterocycles. The summed E-state index contributed by atoms with van der Waals surface area (Å²) in [4.78, 5) is 0. The summed E-state index contributed by atoms with van der Waals surface area (Å²) in [5.41, 5.74) is 2.73. The molecule has 3 aliphatic carbocycles. The lowest BCUT2D eigenvalue weighted by Crippen LogP contribution is -2.42. The smallest absolute Gasteiger partial charge is 0.0901 e. The molecular formula is C30H50O5. The predicted octanol–water partition coefficient (Wildman–Crippen LogP) is 5.08. The molecule has 0 aromatic heterocycles. The Bertz CT molecular complexity index is 782.